The van der Waals surface area contributed by atoms with Gasteiger partial charge in [0.2, 0.25) is 0 Å². The molecule has 5 nitrogen and oxygen atoms in total. The minimum absolute atomic E-state index is 0.303. The molecule has 0 aromatic heterocycles. The van der Waals surface area contributed by atoms with E-state index in [0.717, 1.165) is 24.8 Å². The quantitative estimate of drug-likeness (QED) is 0.491. The SMILES string of the molecule is CN=C(NCCc1ccc(C(=O)OC)cc1)NC1CC1C. The number of nitrogens with zero attached hydrogens (tertiary/aromatic N) is 1. The second-order valence-electron chi connectivity index (χ2n) is 5.40. The second-order valence-corrected chi connectivity index (χ2v) is 5.40. The number of carbonyl (C=O) groups excluding carboxylic acids is 1. The maximum absolute atomic E-state index is 11.3. The fourth-order valence-corrected chi connectivity index (χ4v) is 2.14. The van der Waals surface area contributed by atoms with Gasteiger partial charge in [0.05, 0.1) is 12.7 Å². The zero-order chi connectivity index (χ0) is 15.2. The first-order chi connectivity index (χ1) is 10.1. The van der Waals surface area contributed by atoms with Gasteiger partial charge in [0.1, 0.15) is 0 Å². The minimum atomic E-state index is -0.303. The van der Waals surface area contributed by atoms with Gasteiger partial charge in [0, 0.05) is 19.6 Å². The van der Waals surface area contributed by atoms with Gasteiger partial charge in [-0.15, -0.1) is 0 Å². The van der Waals surface area contributed by atoms with E-state index in [1.807, 2.05) is 12.1 Å². The molecule has 1 aliphatic rings. The molecule has 0 heterocycles. The minimum Gasteiger partial charge on any atom is -0.465 e. The highest BCUT2D eigenvalue weighted by Gasteiger charge is 2.33. The summed E-state index contributed by atoms with van der Waals surface area (Å²) < 4.78 is 4.68. The van der Waals surface area contributed by atoms with E-state index in [4.69, 9.17) is 0 Å². The average Bonchev–Trinajstić information content (AvgIpc) is 3.21. The van der Waals surface area contributed by atoms with Crippen molar-refractivity contribution in [1.82, 2.24) is 10.6 Å². The number of methoxy groups -OCH3 is 1. The van der Waals surface area contributed by atoms with Crippen LogP contribution in [-0.2, 0) is 11.2 Å². The van der Waals surface area contributed by atoms with Gasteiger partial charge in [-0.2, -0.15) is 0 Å². The smallest absolute Gasteiger partial charge is 0.337 e. The molecule has 1 fully saturated rings. The Morgan fingerprint density at radius 3 is 2.57 bits per heavy atom. The van der Waals surface area contributed by atoms with Crippen LogP contribution in [0.15, 0.2) is 29.3 Å². The molecule has 0 amide bonds. The Labute approximate surface area is 125 Å². The van der Waals surface area contributed by atoms with Crippen LogP contribution in [0.3, 0.4) is 0 Å². The van der Waals surface area contributed by atoms with Gasteiger partial charge in [0.15, 0.2) is 5.96 Å². The molecule has 0 spiro atoms. The van der Waals surface area contributed by atoms with E-state index in [2.05, 4.69) is 27.3 Å². The highest BCUT2D eigenvalue weighted by atomic mass is 16.5. The van der Waals surface area contributed by atoms with Gasteiger partial charge in [0.25, 0.3) is 0 Å². The van der Waals surface area contributed by atoms with Crippen LogP contribution in [0.5, 0.6) is 0 Å². The number of ether oxygens (including phenoxy) is 1. The summed E-state index contributed by atoms with van der Waals surface area (Å²) in [6, 6.07) is 8.05. The normalized spacial score (nSPS) is 20.8. The summed E-state index contributed by atoms with van der Waals surface area (Å²) in [5, 5.41) is 6.69. The van der Waals surface area contributed by atoms with Crippen LogP contribution >= 0.6 is 0 Å². The molecule has 0 bridgehead atoms. The first-order valence-electron chi connectivity index (χ1n) is 7.28. The number of benzene rings is 1. The van der Waals surface area contributed by atoms with E-state index < -0.39 is 0 Å². The lowest BCUT2D eigenvalue weighted by molar-refractivity contribution is 0.0600. The van der Waals surface area contributed by atoms with E-state index in [1.54, 1.807) is 19.2 Å². The van der Waals surface area contributed by atoms with Crippen molar-refractivity contribution >= 4 is 11.9 Å². The standard InChI is InChI=1S/C16H23N3O2/c1-11-10-14(11)19-16(17-2)18-9-8-12-4-6-13(7-5-12)15(20)21-3/h4-7,11,14H,8-10H2,1-3H3,(H2,17,18,19). The predicted octanol–water partition coefficient (Wildman–Crippen LogP) is 1.59. The topological polar surface area (TPSA) is 62.7 Å². The number of hydrogen-bond acceptors (Lipinski definition) is 3. The van der Waals surface area contributed by atoms with Crippen LogP contribution in [0.25, 0.3) is 0 Å². The van der Waals surface area contributed by atoms with Crippen LogP contribution in [0, 0.1) is 5.92 Å². The van der Waals surface area contributed by atoms with Crippen molar-refractivity contribution in [2.24, 2.45) is 10.9 Å². The zero-order valence-corrected chi connectivity index (χ0v) is 12.8. The van der Waals surface area contributed by atoms with Gasteiger partial charge < -0.3 is 15.4 Å². The molecule has 0 radical (unpaired) electrons. The zero-order valence-electron chi connectivity index (χ0n) is 12.8. The molecule has 1 saturated carbocycles. The monoisotopic (exact) mass is 289 g/mol. The number of carbonyl (C=O) groups is 1. The molecule has 21 heavy (non-hydrogen) atoms. The van der Waals surface area contributed by atoms with E-state index in [1.165, 1.54) is 19.1 Å². The summed E-state index contributed by atoms with van der Waals surface area (Å²) in [6.45, 7) is 3.03. The maximum atomic E-state index is 11.3. The molecule has 2 unspecified atom stereocenters. The Hall–Kier alpha value is -2.04. The van der Waals surface area contributed by atoms with Crippen molar-refractivity contribution in [3.05, 3.63) is 35.4 Å². The molecule has 2 rings (SSSR count). The van der Waals surface area contributed by atoms with Crippen LogP contribution in [0.2, 0.25) is 0 Å². The third-order valence-corrected chi connectivity index (χ3v) is 3.74. The summed E-state index contributed by atoms with van der Waals surface area (Å²) in [4.78, 5) is 15.6. The molecule has 5 heteroatoms. The van der Waals surface area contributed by atoms with E-state index in [0.29, 0.717) is 11.6 Å². The number of aliphatic imine (C=N–C) groups is 1. The van der Waals surface area contributed by atoms with Crippen molar-refractivity contribution in [2.75, 3.05) is 20.7 Å². The predicted molar refractivity (Wildman–Crippen MR) is 83.6 cm³/mol. The highest BCUT2D eigenvalue weighted by molar-refractivity contribution is 5.89. The Morgan fingerprint density at radius 1 is 1.38 bits per heavy atom. The second kappa shape index (κ2) is 7.11. The summed E-state index contributed by atoms with van der Waals surface area (Å²) in [6.07, 6.45) is 2.10. The van der Waals surface area contributed by atoms with Crippen molar-refractivity contribution in [3.63, 3.8) is 0 Å². The molecule has 2 N–H and O–H groups in total. The first kappa shape index (κ1) is 15.4. The largest absolute Gasteiger partial charge is 0.465 e. The summed E-state index contributed by atoms with van der Waals surface area (Å²) in [5.41, 5.74) is 1.75. The summed E-state index contributed by atoms with van der Waals surface area (Å²) >= 11 is 0. The number of rotatable bonds is 5. The summed E-state index contributed by atoms with van der Waals surface area (Å²) in [5.74, 6) is 1.30. The molecule has 0 saturated heterocycles. The molecule has 2 atom stereocenters. The molecule has 1 aliphatic carbocycles. The van der Waals surface area contributed by atoms with Gasteiger partial charge >= 0.3 is 5.97 Å². The van der Waals surface area contributed by atoms with Crippen molar-refractivity contribution in [2.45, 2.75) is 25.8 Å². The van der Waals surface area contributed by atoms with E-state index >= 15 is 0 Å². The lowest BCUT2D eigenvalue weighted by Gasteiger charge is -2.11. The number of guanidine groups is 1. The van der Waals surface area contributed by atoms with Crippen LogP contribution in [0.1, 0.15) is 29.3 Å². The third kappa shape index (κ3) is 4.48. The number of nitrogens with one attached hydrogen (secondary N) is 2. The lowest BCUT2D eigenvalue weighted by atomic mass is 10.1. The molecular formula is C16H23N3O2. The molecule has 1 aromatic rings. The molecule has 1 aromatic carbocycles. The van der Waals surface area contributed by atoms with Crippen molar-refractivity contribution in [3.8, 4) is 0 Å². The van der Waals surface area contributed by atoms with Gasteiger partial charge in [-0.1, -0.05) is 19.1 Å². The summed E-state index contributed by atoms with van der Waals surface area (Å²) in [7, 11) is 3.17. The number of esters is 1. The first-order valence-corrected chi connectivity index (χ1v) is 7.28. The van der Waals surface area contributed by atoms with Crippen LogP contribution in [-0.4, -0.2) is 38.7 Å². The van der Waals surface area contributed by atoms with Crippen molar-refractivity contribution in [1.29, 1.82) is 0 Å². The van der Waals surface area contributed by atoms with E-state index in [9.17, 15) is 4.79 Å². The Kier molecular flexibility index (Phi) is 5.20. The Balaban J connectivity index is 1.76. The highest BCUT2D eigenvalue weighted by Crippen LogP contribution is 2.28. The Bertz CT molecular complexity index is 511. The number of hydrogen-bond donors (Lipinski definition) is 2. The van der Waals surface area contributed by atoms with Crippen LogP contribution < -0.4 is 10.6 Å². The molecule has 0 aliphatic heterocycles. The molecule has 114 valence electrons. The fourth-order valence-electron chi connectivity index (χ4n) is 2.14. The third-order valence-electron chi connectivity index (χ3n) is 3.74. The average molecular weight is 289 g/mol. The van der Waals surface area contributed by atoms with E-state index in [-0.39, 0.29) is 5.97 Å². The fraction of sp³-hybridized carbons (Fsp3) is 0.500. The van der Waals surface area contributed by atoms with Gasteiger partial charge in [-0.25, -0.2) is 4.79 Å². The maximum Gasteiger partial charge on any atom is 0.337 e. The molecular weight excluding hydrogens is 266 g/mol. The van der Waals surface area contributed by atoms with Gasteiger partial charge in [-0.3, -0.25) is 4.99 Å². The Morgan fingerprint density at radius 2 is 2.05 bits per heavy atom. The van der Waals surface area contributed by atoms with Crippen molar-refractivity contribution < 1.29 is 9.53 Å². The lowest BCUT2D eigenvalue weighted by Crippen LogP contribution is -2.39. The van der Waals surface area contributed by atoms with Gasteiger partial charge in [-0.05, 0) is 36.5 Å². The van der Waals surface area contributed by atoms with Crippen LogP contribution in [0.4, 0.5) is 0 Å².